The number of hydrogen-bond acceptors (Lipinski definition) is 6. The van der Waals surface area contributed by atoms with Crippen LogP contribution in [-0.2, 0) is 18.3 Å². The lowest BCUT2D eigenvalue weighted by Crippen LogP contribution is -2.51. The van der Waals surface area contributed by atoms with Crippen LogP contribution in [0.15, 0.2) is 21.9 Å². The molecule has 0 amide bonds. The highest BCUT2D eigenvalue weighted by atomic mass is 28.4. The fourth-order valence-corrected chi connectivity index (χ4v) is 5.44. The predicted molar refractivity (Wildman–Crippen MR) is 131 cm³/mol. The third kappa shape index (κ3) is 5.71. The third-order valence-electron chi connectivity index (χ3n) is 7.33. The minimum absolute atomic E-state index is 0.0109. The fraction of sp³-hybridized carbons (Fsp3) is 0.818. The topological polar surface area (TPSA) is 91.8 Å². The second kappa shape index (κ2) is 9.30. The smallest absolute Gasteiger partial charge is 0.330 e. The van der Waals surface area contributed by atoms with E-state index in [2.05, 4.69) is 72.7 Å². The van der Waals surface area contributed by atoms with E-state index < -0.39 is 52.4 Å². The van der Waals surface area contributed by atoms with Gasteiger partial charge in [0.05, 0.1) is 6.61 Å². The highest BCUT2D eigenvalue weighted by Crippen LogP contribution is 2.43. The Kier molecular flexibility index (Phi) is 7.91. The first-order valence-electron chi connectivity index (χ1n) is 11.2. The maximum atomic E-state index is 12.5. The van der Waals surface area contributed by atoms with Crippen molar-refractivity contribution in [2.75, 3.05) is 13.7 Å². The summed E-state index contributed by atoms with van der Waals surface area (Å²) in [5.74, 6) is 0. The van der Waals surface area contributed by atoms with E-state index in [1.165, 1.54) is 16.8 Å². The van der Waals surface area contributed by atoms with Crippen molar-refractivity contribution in [2.45, 2.75) is 102 Å². The molecule has 8 nitrogen and oxygen atoms in total. The normalized spacial score (nSPS) is 25.3. The van der Waals surface area contributed by atoms with Crippen LogP contribution < -0.4 is 11.2 Å². The first-order valence-corrected chi connectivity index (χ1v) is 17.0. The fourth-order valence-electron chi connectivity index (χ4n) is 3.11. The molecule has 1 aromatic heterocycles. The zero-order chi connectivity index (χ0) is 24.7. The van der Waals surface area contributed by atoms with E-state index in [4.69, 9.17) is 18.3 Å². The molecule has 1 aliphatic rings. The molecule has 184 valence electrons. The molecule has 10 heteroatoms. The summed E-state index contributed by atoms with van der Waals surface area (Å²) in [5, 5.41) is 0.0420. The summed E-state index contributed by atoms with van der Waals surface area (Å²) in [6.07, 6.45) is -0.632. The van der Waals surface area contributed by atoms with Crippen molar-refractivity contribution < 1.29 is 18.3 Å². The Bertz CT molecular complexity index is 897. The van der Waals surface area contributed by atoms with Crippen LogP contribution in [0.2, 0.25) is 36.3 Å². The molecular formula is C22H42N2O6Si2. The number of ether oxygens (including phenoxy) is 2. The van der Waals surface area contributed by atoms with E-state index >= 15 is 0 Å². The largest absolute Gasteiger partial charge is 0.414 e. The number of aromatic nitrogens is 2. The van der Waals surface area contributed by atoms with Gasteiger partial charge in [0.25, 0.3) is 5.56 Å². The van der Waals surface area contributed by atoms with E-state index in [1.807, 2.05) is 0 Å². The van der Waals surface area contributed by atoms with E-state index in [9.17, 15) is 9.59 Å². The number of hydrogen-bond donors (Lipinski definition) is 1. The van der Waals surface area contributed by atoms with Crippen molar-refractivity contribution in [1.29, 1.82) is 0 Å². The molecule has 0 aromatic carbocycles. The maximum Gasteiger partial charge on any atom is 0.330 e. The lowest BCUT2D eigenvalue weighted by Gasteiger charge is -2.41. The molecule has 1 saturated heterocycles. The van der Waals surface area contributed by atoms with Crippen molar-refractivity contribution >= 4 is 16.6 Å². The van der Waals surface area contributed by atoms with Crippen molar-refractivity contribution in [3.8, 4) is 0 Å². The van der Waals surface area contributed by atoms with Crippen LogP contribution in [0.5, 0.6) is 0 Å². The Morgan fingerprint density at radius 2 is 1.56 bits per heavy atom. The predicted octanol–water partition coefficient (Wildman–Crippen LogP) is 3.86. The molecule has 0 radical (unpaired) electrons. The van der Waals surface area contributed by atoms with Gasteiger partial charge < -0.3 is 18.3 Å². The second-order valence-electron chi connectivity index (χ2n) is 11.7. The zero-order valence-electron chi connectivity index (χ0n) is 21.6. The van der Waals surface area contributed by atoms with Crippen LogP contribution in [0.4, 0.5) is 0 Å². The zero-order valence-corrected chi connectivity index (χ0v) is 23.6. The molecule has 1 aromatic rings. The number of aromatic amines is 1. The molecule has 1 aliphatic heterocycles. The second-order valence-corrected chi connectivity index (χ2v) is 21.3. The van der Waals surface area contributed by atoms with Crippen LogP contribution >= 0.6 is 0 Å². The summed E-state index contributed by atoms with van der Waals surface area (Å²) in [6, 6.07) is 1.31. The first-order chi connectivity index (χ1) is 14.4. The summed E-state index contributed by atoms with van der Waals surface area (Å²) in [6.45, 7) is 22.2. The van der Waals surface area contributed by atoms with E-state index in [0.29, 0.717) is 6.61 Å². The molecule has 0 saturated carbocycles. The molecule has 0 aliphatic carbocycles. The molecule has 2 heterocycles. The third-order valence-corrected chi connectivity index (χ3v) is 16.3. The van der Waals surface area contributed by atoms with Gasteiger partial charge in [0.1, 0.15) is 18.3 Å². The number of rotatable bonds is 7. The monoisotopic (exact) mass is 486 g/mol. The lowest BCUT2D eigenvalue weighted by molar-refractivity contribution is -0.0613. The van der Waals surface area contributed by atoms with E-state index in [0.717, 1.165) is 0 Å². The quantitative estimate of drug-likeness (QED) is 0.589. The number of nitrogens with zero attached hydrogens (tertiary/aromatic N) is 1. The van der Waals surface area contributed by atoms with Crippen LogP contribution in [0, 0.1) is 0 Å². The van der Waals surface area contributed by atoms with Gasteiger partial charge in [-0.1, -0.05) is 41.5 Å². The molecule has 4 atom stereocenters. The number of H-pyrrole nitrogens is 1. The van der Waals surface area contributed by atoms with Gasteiger partial charge in [0.2, 0.25) is 0 Å². The minimum atomic E-state index is -2.18. The van der Waals surface area contributed by atoms with Gasteiger partial charge in [-0.2, -0.15) is 0 Å². The molecular weight excluding hydrogens is 444 g/mol. The Hall–Kier alpha value is -1.05. The van der Waals surface area contributed by atoms with Crippen LogP contribution in [0.25, 0.3) is 0 Å². The lowest BCUT2D eigenvalue weighted by atomic mass is 10.1. The summed E-state index contributed by atoms with van der Waals surface area (Å²) in [4.78, 5) is 26.4. The van der Waals surface area contributed by atoms with Crippen molar-refractivity contribution in [2.24, 2.45) is 0 Å². The SMILES string of the molecule is COC1C(O[Si](C)(C)C(C)(C)C)C(CO[Si](C)(C)C(C)(C)C)OC1n1ccc(=O)[nH]c1=O. The van der Waals surface area contributed by atoms with Gasteiger partial charge >= 0.3 is 5.69 Å². The molecule has 2 rings (SSSR count). The van der Waals surface area contributed by atoms with Gasteiger partial charge in [-0.15, -0.1) is 0 Å². The van der Waals surface area contributed by atoms with Gasteiger partial charge in [0, 0.05) is 19.4 Å². The van der Waals surface area contributed by atoms with Gasteiger partial charge in [-0.25, -0.2) is 4.79 Å². The molecule has 4 unspecified atom stereocenters. The molecule has 1 fully saturated rings. The van der Waals surface area contributed by atoms with Gasteiger partial charge in [0.15, 0.2) is 22.9 Å². The maximum absolute atomic E-state index is 12.5. The summed E-state index contributed by atoms with van der Waals surface area (Å²) >= 11 is 0. The standard InChI is InChI=1S/C22H42N2O6Si2/c1-21(2,3)31(8,9)28-14-15-17(30-32(10,11)22(4,5)6)18(27-7)19(29-15)24-13-12-16(25)23-20(24)26/h12-13,15,17-19H,14H2,1-11H3,(H,23,25,26). The van der Waals surface area contributed by atoms with Crippen molar-refractivity contribution in [3.63, 3.8) is 0 Å². The van der Waals surface area contributed by atoms with Crippen molar-refractivity contribution in [3.05, 3.63) is 33.1 Å². The molecule has 1 N–H and O–H groups in total. The Morgan fingerprint density at radius 1 is 1.00 bits per heavy atom. The summed E-state index contributed by atoms with van der Waals surface area (Å²) in [7, 11) is -2.62. The van der Waals surface area contributed by atoms with E-state index in [-0.39, 0.29) is 10.1 Å². The van der Waals surface area contributed by atoms with Crippen LogP contribution in [0.1, 0.15) is 47.8 Å². The highest BCUT2D eigenvalue weighted by Gasteiger charge is 2.52. The highest BCUT2D eigenvalue weighted by molar-refractivity contribution is 6.74. The summed E-state index contributed by atoms with van der Waals surface area (Å²) in [5.41, 5.74) is -0.994. The van der Waals surface area contributed by atoms with Crippen LogP contribution in [0.3, 0.4) is 0 Å². The molecule has 0 bridgehead atoms. The Labute approximate surface area is 193 Å². The molecule has 0 spiro atoms. The average molecular weight is 487 g/mol. The van der Waals surface area contributed by atoms with Gasteiger partial charge in [-0.05, 0) is 36.3 Å². The van der Waals surface area contributed by atoms with Crippen LogP contribution in [-0.4, -0.2) is 58.2 Å². The number of nitrogens with one attached hydrogen (secondary N) is 1. The average Bonchev–Trinajstić information content (AvgIpc) is 2.94. The van der Waals surface area contributed by atoms with Gasteiger partial charge in [-0.3, -0.25) is 14.3 Å². The summed E-state index contributed by atoms with van der Waals surface area (Å²) < 4.78 is 26.8. The Balaban J connectivity index is 2.43. The minimum Gasteiger partial charge on any atom is -0.414 e. The first kappa shape index (κ1) is 27.2. The van der Waals surface area contributed by atoms with Crippen molar-refractivity contribution in [1.82, 2.24) is 9.55 Å². The molecule has 32 heavy (non-hydrogen) atoms. The number of methoxy groups -OCH3 is 1. The Morgan fingerprint density at radius 3 is 2.03 bits per heavy atom. The van der Waals surface area contributed by atoms with E-state index in [1.54, 1.807) is 7.11 Å².